The molecule has 2 aromatic carbocycles. The van der Waals surface area contributed by atoms with Gasteiger partial charge in [-0.3, -0.25) is 0 Å². The Morgan fingerprint density at radius 1 is 1.05 bits per heavy atom. The highest BCUT2D eigenvalue weighted by molar-refractivity contribution is 9.08. The van der Waals surface area contributed by atoms with Gasteiger partial charge in [-0.25, -0.2) is 4.39 Å². The average molecular weight is 339 g/mol. The molecule has 4 heteroatoms. The van der Waals surface area contributed by atoms with Crippen molar-refractivity contribution >= 4 is 15.9 Å². The topological polar surface area (TPSA) is 18.5 Å². The molecule has 0 saturated heterocycles. The fourth-order valence-corrected chi connectivity index (χ4v) is 2.26. The summed E-state index contributed by atoms with van der Waals surface area (Å²) in [6, 6.07) is 12.1. The van der Waals surface area contributed by atoms with Gasteiger partial charge in [0.25, 0.3) is 0 Å². The van der Waals surface area contributed by atoms with Gasteiger partial charge in [-0.1, -0.05) is 28.9 Å². The summed E-state index contributed by atoms with van der Waals surface area (Å²) < 4.78 is 24.8. The van der Waals surface area contributed by atoms with Crippen LogP contribution in [0.3, 0.4) is 0 Å². The lowest BCUT2D eigenvalue weighted by atomic mass is 10.2. The standard InChI is InChI=1S/C16H16BrFO2/c1-2-10-19-12-6-8-13(9-7-12)20-16-5-3-4-15(18)14(16)11-17/h3-9H,2,10-11H2,1H3. The number of benzene rings is 2. The van der Waals surface area contributed by atoms with Crippen LogP contribution in [0.15, 0.2) is 42.5 Å². The molecule has 0 fully saturated rings. The third kappa shape index (κ3) is 3.73. The van der Waals surface area contributed by atoms with E-state index in [9.17, 15) is 4.39 Å². The zero-order chi connectivity index (χ0) is 14.4. The van der Waals surface area contributed by atoms with E-state index < -0.39 is 0 Å². The van der Waals surface area contributed by atoms with E-state index in [1.54, 1.807) is 12.1 Å². The highest BCUT2D eigenvalue weighted by atomic mass is 79.9. The molecule has 2 rings (SSSR count). The number of rotatable bonds is 6. The van der Waals surface area contributed by atoms with E-state index in [4.69, 9.17) is 9.47 Å². The molecule has 0 amide bonds. The Bertz CT molecular complexity index is 555. The normalized spacial score (nSPS) is 10.3. The van der Waals surface area contributed by atoms with Gasteiger partial charge in [0.2, 0.25) is 0 Å². The number of hydrogen-bond acceptors (Lipinski definition) is 2. The molecule has 0 aliphatic carbocycles. The van der Waals surface area contributed by atoms with Crippen molar-refractivity contribution in [2.45, 2.75) is 18.7 Å². The van der Waals surface area contributed by atoms with Gasteiger partial charge in [0, 0.05) is 10.9 Å². The van der Waals surface area contributed by atoms with E-state index in [-0.39, 0.29) is 5.82 Å². The fraction of sp³-hybridized carbons (Fsp3) is 0.250. The molecule has 0 aliphatic heterocycles. The Morgan fingerprint density at radius 2 is 1.75 bits per heavy atom. The predicted molar refractivity (Wildman–Crippen MR) is 81.3 cm³/mol. The van der Waals surface area contributed by atoms with Crippen molar-refractivity contribution in [3.63, 3.8) is 0 Å². The molecule has 0 spiro atoms. The van der Waals surface area contributed by atoms with Gasteiger partial charge in [0.1, 0.15) is 23.1 Å². The summed E-state index contributed by atoms with van der Waals surface area (Å²) in [4.78, 5) is 0. The predicted octanol–water partition coefficient (Wildman–Crippen LogP) is 5.30. The van der Waals surface area contributed by atoms with Gasteiger partial charge in [0.15, 0.2) is 0 Å². The van der Waals surface area contributed by atoms with Crippen LogP contribution in [0.4, 0.5) is 4.39 Å². The van der Waals surface area contributed by atoms with Crippen LogP contribution < -0.4 is 9.47 Å². The van der Waals surface area contributed by atoms with Crippen LogP contribution in [0.25, 0.3) is 0 Å². The molecule has 0 saturated carbocycles. The van der Waals surface area contributed by atoms with Gasteiger partial charge >= 0.3 is 0 Å². The lowest BCUT2D eigenvalue weighted by Crippen LogP contribution is -1.95. The second-order valence-electron chi connectivity index (χ2n) is 4.27. The van der Waals surface area contributed by atoms with Crippen molar-refractivity contribution < 1.29 is 13.9 Å². The molecule has 20 heavy (non-hydrogen) atoms. The molecule has 0 radical (unpaired) electrons. The van der Waals surface area contributed by atoms with Gasteiger partial charge in [0.05, 0.1) is 6.61 Å². The monoisotopic (exact) mass is 338 g/mol. The van der Waals surface area contributed by atoms with Crippen LogP contribution in [0.2, 0.25) is 0 Å². The Morgan fingerprint density at radius 3 is 2.40 bits per heavy atom. The third-order valence-electron chi connectivity index (χ3n) is 2.73. The first kappa shape index (κ1) is 14.9. The first-order chi connectivity index (χ1) is 9.74. The van der Waals surface area contributed by atoms with Crippen LogP contribution >= 0.6 is 15.9 Å². The third-order valence-corrected chi connectivity index (χ3v) is 3.29. The molecule has 0 atom stereocenters. The fourth-order valence-electron chi connectivity index (χ4n) is 1.71. The lowest BCUT2D eigenvalue weighted by molar-refractivity contribution is 0.317. The average Bonchev–Trinajstić information content (AvgIpc) is 2.47. The highest BCUT2D eigenvalue weighted by Crippen LogP contribution is 2.29. The van der Waals surface area contributed by atoms with Crippen molar-refractivity contribution in [1.29, 1.82) is 0 Å². The van der Waals surface area contributed by atoms with Crippen molar-refractivity contribution in [2.24, 2.45) is 0 Å². The van der Waals surface area contributed by atoms with Crippen LogP contribution in [0.5, 0.6) is 17.2 Å². The SMILES string of the molecule is CCCOc1ccc(Oc2cccc(F)c2CBr)cc1. The van der Waals surface area contributed by atoms with Crippen molar-refractivity contribution in [2.75, 3.05) is 6.61 Å². The van der Waals surface area contributed by atoms with Crippen LogP contribution in [-0.2, 0) is 5.33 Å². The van der Waals surface area contributed by atoms with Gasteiger partial charge in [-0.05, 0) is 42.8 Å². The zero-order valence-electron chi connectivity index (χ0n) is 11.2. The minimum absolute atomic E-state index is 0.276. The van der Waals surface area contributed by atoms with E-state index in [1.165, 1.54) is 6.07 Å². The van der Waals surface area contributed by atoms with E-state index in [0.717, 1.165) is 12.2 Å². The Balaban J connectivity index is 2.12. The molecule has 0 bridgehead atoms. The van der Waals surface area contributed by atoms with Gasteiger partial charge in [-0.15, -0.1) is 0 Å². The van der Waals surface area contributed by atoms with E-state index in [0.29, 0.717) is 29.0 Å². The van der Waals surface area contributed by atoms with E-state index in [2.05, 4.69) is 22.9 Å². The van der Waals surface area contributed by atoms with Crippen LogP contribution in [-0.4, -0.2) is 6.61 Å². The molecule has 2 aromatic rings. The quantitative estimate of drug-likeness (QED) is 0.665. The number of halogens is 2. The molecule has 0 N–H and O–H groups in total. The van der Waals surface area contributed by atoms with E-state index >= 15 is 0 Å². The Hall–Kier alpha value is -1.55. The second kappa shape index (κ2) is 7.29. The molecule has 0 unspecified atom stereocenters. The summed E-state index contributed by atoms with van der Waals surface area (Å²) in [5.41, 5.74) is 0.513. The summed E-state index contributed by atoms with van der Waals surface area (Å²) in [7, 11) is 0. The molecular formula is C16H16BrFO2. The van der Waals surface area contributed by atoms with Crippen LogP contribution in [0.1, 0.15) is 18.9 Å². The summed E-state index contributed by atoms with van der Waals surface area (Å²) >= 11 is 3.27. The summed E-state index contributed by atoms with van der Waals surface area (Å²) in [6.45, 7) is 2.75. The maximum atomic E-state index is 13.6. The summed E-state index contributed by atoms with van der Waals surface area (Å²) in [6.07, 6.45) is 0.968. The number of hydrogen-bond donors (Lipinski definition) is 0. The summed E-state index contributed by atoms with van der Waals surface area (Å²) in [5.74, 6) is 1.70. The highest BCUT2D eigenvalue weighted by Gasteiger charge is 2.09. The Kier molecular flexibility index (Phi) is 5.41. The van der Waals surface area contributed by atoms with Gasteiger partial charge < -0.3 is 9.47 Å². The molecular weight excluding hydrogens is 323 g/mol. The maximum Gasteiger partial charge on any atom is 0.134 e. The number of ether oxygens (including phenoxy) is 2. The first-order valence-electron chi connectivity index (χ1n) is 6.48. The molecule has 0 heterocycles. The van der Waals surface area contributed by atoms with E-state index in [1.807, 2.05) is 24.3 Å². The van der Waals surface area contributed by atoms with Crippen molar-refractivity contribution in [3.8, 4) is 17.2 Å². The zero-order valence-corrected chi connectivity index (χ0v) is 12.8. The Labute approximate surface area is 126 Å². The minimum atomic E-state index is -0.276. The van der Waals surface area contributed by atoms with Crippen LogP contribution in [0, 0.1) is 5.82 Å². The second-order valence-corrected chi connectivity index (χ2v) is 4.83. The molecule has 2 nitrogen and oxygen atoms in total. The van der Waals surface area contributed by atoms with Crippen molar-refractivity contribution in [3.05, 3.63) is 53.8 Å². The minimum Gasteiger partial charge on any atom is -0.494 e. The lowest BCUT2D eigenvalue weighted by Gasteiger charge is -2.11. The largest absolute Gasteiger partial charge is 0.494 e. The van der Waals surface area contributed by atoms with Crippen molar-refractivity contribution in [1.82, 2.24) is 0 Å². The summed E-state index contributed by atoms with van der Waals surface area (Å²) in [5, 5.41) is 0.409. The van der Waals surface area contributed by atoms with Gasteiger partial charge in [-0.2, -0.15) is 0 Å². The molecule has 0 aromatic heterocycles. The molecule has 106 valence electrons. The maximum absolute atomic E-state index is 13.6. The molecule has 0 aliphatic rings. The smallest absolute Gasteiger partial charge is 0.134 e. The number of alkyl halides is 1. The first-order valence-corrected chi connectivity index (χ1v) is 7.60.